The van der Waals surface area contributed by atoms with Gasteiger partial charge in [-0.1, -0.05) is 0 Å². The van der Waals surface area contributed by atoms with E-state index in [9.17, 15) is 13.2 Å². The summed E-state index contributed by atoms with van der Waals surface area (Å²) in [5, 5.41) is 0. The summed E-state index contributed by atoms with van der Waals surface area (Å²) in [6, 6.07) is -0.197. The van der Waals surface area contributed by atoms with Gasteiger partial charge in [0.2, 0.25) is 10.0 Å². The third-order valence-corrected chi connectivity index (χ3v) is 3.63. The van der Waals surface area contributed by atoms with E-state index >= 15 is 0 Å². The van der Waals surface area contributed by atoms with Gasteiger partial charge in [-0.25, -0.2) is 22.9 Å². The van der Waals surface area contributed by atoms with E-state index in [2.05, 4.69) is 9.71 Å². The van der Waals surface area contributed by atoms with Crippen molar-refractivity contribution in [2.75, 3.05) is 19.3 Å². The van der Waals surface area contributed by atoms with Gasteiger partial charge in [0.25, 0.3) is 0 Å². The first kappa shape index (κ1) is 13.0. The molecule has 0 radical (unpaired) electrons. The van der Waals surface area contributed by atoms with Crippen molar-refractivity contribution < 1.29 is 13.2 Å². The lowest BCUT2D eigenvalue weighted by Crippen LogP contribution is -2.47. The quantitative estimate of drug-likeness (QED) is 0.812. The highest BCUT2D eigenvalue weighted by molar-refractivity contribution is 7.88. The van der Waals surface area contributed by atoms with Crippen LogP contribution in [0, 0.1) is 0 Å². The van der Waals surface area contributed by atoms with Crippen LogP contribution in [0.4, 0.5) is 4.79 Å². The Hall–Kier alpha value is -1.41. The van der Waals surface area contributed by atoms with Gasteiger partial charge in [0, 0.05) is 31.5 Å². The number of sulfonamides is 1. The fraction of sp³-hybridized carbons (Fsp3) is 0.600. The van der Waals surface area contributed by atoms with E-state index in [-0.39, 0.29) is 12.1 Å². The molecule has 0 spiro atoms. The maximum atomic E-state index is 12.0. The molecule has 100 valence electrons. The topological polar surface area (TPSA) is 84.3 Å². The number of nitrogens with zero attached hydrogens (tertiary/aromatic N) is 3. The number of imidazole rings is 1. The van der Waals surface area contributed by atoms with Gasteiger partial charge in [-0.05, 0) is 12.8 Å². The van der Waals surface area contributed by atoms with E-state index in [0.717, 1.165) is 6.26 Å². The van der Waals surface area contributed by atoms with Gasteiger partial charge in [0.1, 0.15) is 6.33 Å². The number of aromatic nitrogens is 2. The molecule has 1 aromatic rings. The third-order valence-electron chi connectivity index (χ3n) is 2.87. The Kier molecular flexibility index (Phi) is 3.67. The molecule has 0 aliphatic carbocycles. The average molecular weight is 272 g/mol. The molecule has 1 amide bonds. The predicted molar refractivity (Wildman–Crippen MR) is 65.6 cm³/mol. The minimum absolute atomic E-state index is 0.0770. The highest BCUT2D eigenvalue weighted by atomic mass is 32.2. The van der Waals surface area contributed by atoms with Gasteiger partial charge in [0.15, 0.2) is 0 Å². The maximum Gasteiger partial charge on any atom is 0.329 e. The van der Waals surface area contributed by atoms with Gasteiger partial charge < -0.3 is 4.90 Å². The first-order chi connectivity index (χ1) is 8.46. The second-order valence-electron chi connectivity index (χ2n) is 4.40. The summed E-state index contributed by atoms with van der Waals surface area (Å²) >= 11 is 0. The van der Waals surface area contributed by atoms with Gasteiger partial charge in [-0.15, -0.1) is 0 Å². The Labute approximate surface area is 106 Å². The van der Waals surface area contributed by atoms with Crippen LogP contribution in [0.5, 0.6) is 0 Å². The number of amides is 1. The SMILES string of the molecule is CS(=O)(=O)NC1CCN(C(=O)n2ccnc2)CC1. The Morgan fingerprint density at radius 1 is 1.39 bits per heavy atom. The van der Waals surface area contributed by atoms with Crippen molar-refractivity contribution in [2.45, 2.75) is 18.9 Å². The molecule has 1 N–H and O–H groups in total. The Bertz CT molecular complexity index is 503. The molecule has 8 heteroatoms. The number of hydrogen-bond donors (Lipinski definition) is 1. The summed E-state index contributed by atoms with van der Waals surface area (Å²) in [6.07, 6.45) is 7.03. The summed E-state index contributed by atoms with van der Waals surface area (Å²) in [7, 11) is -3.17. The second-order valence-corrected chi connectivity index (χ2v) is 6.18. The molecule has 1 saturated heterocycles. The Morgan fingerprint density at radius 3 is 2.56 bits per heavy atom. The smallest absolute Gasteiger partial charge is 0.324 e. The van der Waals surface area contributed by atoms with Crippen molar-refractivity contribution in [3.05, 3.63) is 18.7 Å². The largest absolute Gasteiger partial charge is 0.329 e. The van der Waals surface area contributed by atoms with E-state index in [4.69, 9.17) is 0 Å². The maximum absolute atomic E-state index is 12.0. The van der Waals surface area contributed by atoms with Crippen molar-refractivity contribution in [1.29, 1.82) is 0 Å². The number of carbonyl (C=O) groups excluding carboxylic acids is 1. The zero-order valence-electron chi connectivity index (χ0n) is 10.1. The number of likely N-dealkylation sites (tertiary alicyclic amines) is 1. The Morgan fingerprint density at radius 2 is 2.06 bits per heavy atom. The lowest BCUT2D eigenvalue weighted by molar-refractivity contribution is 0.181. The molecule has 0 unspecified atom stereocenters. The van der Waals surface area contributed by atoms with Crippen molar-refractivity contribution >= 4 is 16.1 Å². The molecule has 0 aromatic carbocycles. The van der Waals surface area contributed by atoms with E-state index in [1.165, 1.54) is 10.9 Å². The third kappa shape index (κ3) is 3.30. The van der Waals surface area contributed by atoms with Crippen LogP contribution in [-0.4, -0.2) is 54.3 Å². The van der Waals surface area contributed by atoms with Crippen molar-refractivity contribution in [1.82, 2.24) is 19.2 Å². The molecule has 0 saturated carbocycles. The lowest BCUT2D eigenvalue weighted by atomic mass is 10.1. The molecule has 1 fully saturated rings. The van der Waals surface area contributed by atoms with Crippen LogP contribution in [0.25, 0.3) is 0 Å². The minimum atomic E-state index is -3.17. The first-order valence-corrected chi connectivity index (χ1v) is 7.59. The fourth-order valence-electron chi connectivity index (χ4n) is 2.03. The minimum Gasteiger partial charge on any atom is -0.324 e. The number of carbonyl (C=O) groups is 1. The first-order valence-electron chi connectivity index (χ1n) is 5.70. The number of hydrogen-bond acceptors (Lipinski definition) is 4. The molecule has 7 nitrogen and oxygen atoms in total. The van der Waals surface area contributed by atoms with Crippen LogP contribution in [0.15, 0.2) is 18.7 Å². The average Bonchev–Trinajstić information content (AvgIpc) is 2.80. The highest BCUT2D eigenvalue weighted by Crippen LogP contribution is 2.12. The second kappa shape index (κ2) is 5.07. The lowest BCUT2D eigenvalue weighted by Gasteiger charge is -2.31. The molecule has 2 heterocycles. The molecular weight excluding hydrogens is 256 g/mol. The van der Waals surface area contributed by atoms with Crippen LogP contribution < -0.4 is 4.72 Å². The van der Waals surface area contributed by atoms with Crippen molar-refractivity contribution in [3.63, 3.8) is 0 Å². The van der Waals surface area contributed by atoms with E-state index in [0.29, 0.717) is 25.9 Å². The standard InChI is InChI=1S/C10H16N4O3S/c1-18(16,17)12-9-2-5-13(6-3-9)10(15)14-7-4-11-8-14/h4,7-9,12H,2-3,5-6H2,1H3. The molecule has 1 aliphatic heterocycles. The molecule has 0 bridgehead atoms. The van der Waals surface area contributed by atoms with Crippen molar-refractivity contribution in [3.8, 4) is 0 Å². The zero-order chi connectivity index (χ0) is 13.2. The van der Waals surface area contributed by atoms with Crippen LogP contribution in [0.2, 0.25) is 0 Å². The molecule has 1 aromatic heterocycles. The van der Waals surface area contributed by atoms with E-state index in [1.54, 1.807) is 17.3 Å². The van der Waals surface area contributed by atoms with E-state index < -0.39 is 10.0 Å². The van der Waals surface area contributed by atoms with Gasteiger partial charge in [-0.3, -0.25) is 4.57 Å². The normalized spacial score (nSPS) is 17.9. The van der Waals surface area contributed by atoms with Crippen LogP contribution in [-0.2, 0) is 10.0 Å². The predicted octanol–water partition coefficient (Wildman–Crippen LogP) is -0.135. The number of piperidine rings is 1. The molecule has 18 heavy (non-hydrogen) atoms. The molecule has 0 atom stereocenters. The van der Waals surface area contributed by atoms with Gasteiger partial charge >= 0.3 is 6.03 Å². The summed E-state index contributed by atoms with van der Waals surface area (Å²) < 4.78 is 26.2. The van der Waals surface area contributed by atoms with Crippen LogP contribution >= 0.6 is 0 Å². The Balaban J connectivity index is 1.89. The van der Waals surface area contributed by atoms with Crippen LogP contribution in [0.1, 0.15) is 12.8 Å². The molecular formula is C10H16N4O3S. The summed E-state index contributed by atoms with van der Waals surface area (Å²) in [5.74, 6) is 0. The van der Waals surface area contributed by atoms with E-state index in [1.807, 2.05) is 0 Å². The van der Waals surface area contributed by atoms with Crippen LogP contribution in [0.3, 0.4) is 0 Å². The molecule has 1 aliphatic rings. The monoisotopic (exact) mass is 272 g/mol. The number of nitrogens with one attached hydrogen (secondary N) is 1. The summed E-state index contributed by atoms with van der Waals surface area (Å²) in [4.78, 5) is 17.5. The van der Waals surface area contributed by atoms with Gasteiger partial charge in [0.05, 0.1) is 6.26 Å². The summed E-state index contributed by atoms with van der Waals surface area (Å²) in [5.41, 5.74) is 0. The summed E-state index contributed by atoms with van der Waals surface area (Å²) in [6.45, 7) is 1.09. The number of rotatable bonds is 2. The van der Waals surface area contributed by atoms with Gasteiger partial charge in [-0.2, -0.15) is 0 Å². The van der Waals surface area contributed by atoms with Crippen molar-refractivity contribution in [2.24, 2.45) is 0 Å². The fourth-order valence-corrected chi connectivity index (χ4v) is 2.87. The zero-order valence-corrected chi connectivity index (χ0v) is 10.9. The molecule has 2 rings (SSSR count). The highest BCUT2D eigenvalue weighted by Gasteiger charge is 2.24.